The highest BCUT2D eigenvalue weighted by molar-refractivity contribution is 7.19. The predicted octanol–water partition coefficient (Wildman–Crippen LogP) is 5.18. The number of piperidine rings is 2. The molecule has 2 unspecified atom stereocenters. The molecule has 0 spiro atoms. The number of halogens is 1. The molecule has 3 amide bonds. The Hall–Kier alpha value is -2.81. The second kappa shape index (κ2) is 9.11. The van der Waals surface area contributed by atoms with Gasteiger partial charge in [-0.15, -0.1) is 11.3 Å². The number of nitrogens with zero attached hydrogens (tertiary/aromatic N) is 2. The van der Waals surface area contributed by atoms with E-state index in [0.29, 0.717) is 0 Å². The van der Waals surface area contributed by atoms with Crippen LogP contribution in [0.2, 0.25) is 5.02 Å². The fourth-order valence-corrected chi connectivity index (χ4v) is 8.44. The number of rotatable bonds is 5. The van der Waals surface area contributed by atoms with Crippen LogP contribution in [0.3, 0.4) is 0 Å². The molecule has 1 aromatic carbocycles. The smallest absolute Gasteiger partial charge is 0.234 e. The first-order chi connectivity index (χ1) is 18.8. The van der Waals surface area contributed by atoms with Gasteiger partial charge in [0.1, 0.15) is 0 Å². The van der Waals surface area contributed by atoms with Crippen LogP contribution in [0.25, 0.3) is 21.3 Å². The van der Waals surface area contributed by atoms with Gasteiger partial charge < -0.3 is 10.6 Å². The fourth-order valence-electron chi connectivity index (χ4n) is 6.99. The van der Waals surface area contributed by atoms with Crippen LogP contribution in [0.1, 0.15) is 49.1 Å². The lowest BCUT2D eigenvalue weighted by molar-refractivity contribution is -0.143. The van der Waals surface area contributed by atoms with E-state index >= 15 is 0 Å². The molecule has 2 N–H and O–H groups in total. The van der Waals surface area contributed by atoms with Crippen molar-refractivity contribution in [2.75, 3.05) is 18.4 Å². The summed E-state index contributed by atoms with van der Waals surface area (Å²) in [5.74, 6) is -0.438. The van der Waals surface area contributed by atoms with Crippen LogP contribution in [0.15, 0.2) is 24.4 Å². The number of carbonyl (C=O) groups excluding carboxylic acids is 3. The summed E-state index contributed by atoms with van der Waals surface area (Å²) < 4.78 is 0.962. The third-order valence-electron chi connectivity index (χ3n) is 9.27. The lowest BCUT2D eigenvalue weighted by Gasteiger charge is -2.24. The molecule has 2 aromatic heterocycles. The fraction of sp³-hybridized carbons (Fsp3) is 0.467. The van der Waals surface area contributed by atoms with E-state index in [1.165, 1.54) is 4.90 Å². The number of benzene rings is 1. The van der Waals surface area contributed by atoms with Crippen molar-refractivity contribution in [1.29, 1.82) is 0 Å². The molecule has 4 aliphatic rings. The van der Waals surface area contributed by atoms with Gasteiger partial charge >= 0.3 is 0 Å². The standard InChI is InChI=1S/C30H31ClN4O3S/c1-30(2)23-24(30)29(38)35(28(23)37)14-16-12-22-26(39-16)19(8-11-33-22)20-13-21(31)17-4-3-5-18(17)25(20)34-27(36)15-6-9-32-10-7-15/h8,11-13,15,23-24,32H,3-7,9-10,14H2,1-2H3,(H,34,36). The number of anilines is 1. The van der Waals surface area contributed by atoms with Crippen LogP contribution in [0.4, 0.5) is 5.69 Å². The van der Waals surface area contributed by atoms with Gasteiger partial charge in [-0.25, -0.2) is 0 Å². The van der Waals surface area contributed by atoms with Gasteiger partial charge in [0.25, 0.3) is 0 Å². The third kappa shape index (κ3) is 3.94. The maximum Gasteiger partial charge on any atom is 0.234 e. The topological polar surface area (TPSA) is 91.4 Å². The zero-order chi connectivity index (χ0) is 27.1. The number of hydrogen-bond acceptors (Lipinski definition) is 6. The average Bonchev–Trinajstić information content (AvgIpc) is 3.36. The zero-order valence-corrected chi connectivity index (χ0v) is 23.7. The number of fused-ring (bicyclic) bond motifs is 3. The second-order valence-corrected chi connectivity index (χ2v) is 13.5. The number of imide groups is 1. The van der Waals surface area contributed by atoms with Gasteiger partial charge in [0.05, 0.1) is 34.3 Å². The quantitative estimate of drug-likeness (QED) is 0.418. The monoisotopic (exact) mass is 562 g/mol. The first-order valence-electron chi connectivity index (χ1n) is 13.8. The number of aromatic nitrogens is 1. The summed E-state index contributed by atoms with van der Waals surface area (Å²) >= 11 is 8.36. The van der Waals surface area contributed by atoms with E-state index in [1.807, 2.05) is 32.0 Å². The van der Waals surface area contributed by atoms with Crippen molar-refractivity contribution in [3.63, 3.8) is 0 Å². The number of carbonyl (C=O) groups is 3. The maximum atomic E-state index is 13.4. The van der Waals surface area contributed by atoms with Crippen molar-refractivity contribution in [2.45, 2.75) is 52.5 Å². The molecule has 3 aromatic rings. The predicted molar refractivity (Wildman–Crippen MR) is 153 cm³/mol. The summed E-state index contributed by atoms with van der Waals surface area (Å²) in [6.45, 7) is 5.97. The van der Waals surface area contributed by atoms with Gasteiger partial charge in [0.15, 0.2) is 0 Å². The zero-order valence-electron chi connectivity index (χ0n) is 22.1. The van der Waals surface area contributed by atoms with Gasteiger partial charge in [-0.1, -0.05) is 25.4 Å². The van der Waals surface area contributed by atoms with E-state index in [0.717, 1.165) is 93.3 Å². The van der Waals surface area contributed by atoms with E-state index in [9.17, 15) is 14.4 Å². The lowest BCUT2D eigenvalue weighted by Crippen LogP contribution is -2.35. The van der Waals surface area contributed by atoms with Crippen LogP contribution in [-0.4, -0.2) is 40.7 Å². The van der Waals surface area contributed by atoms with E-state index < -0.39 is 0 Å². The molecular weight excluding hydrogens is 532 g/mol. The Morgan fingerprint density at radius 3 is 2.59 bits per heavy atom. The van der Waals surface area contributed by atoms with Crippen LogP contribution < -0.4 is 10.6 Å². The first-order valence-corrected chi connectivity index (χ1v) is 15.0. The molecule has 1 saturated carbocycles. The molecule has 7 nitrogen and oxygen atoms in total. The maximum absolute atomic E-state index is 13.4. The van der Waals surface area contributed by atoms with E-state index in [2.05, 4.69) is 15.6 Å². The highest BCUT2D eigenvalue weighted by Crippen LogP contribution is 2.63. The highest BCUT2D eigenvalue weighted by atomic mass is 35.5. The Bertz CT molecular complexity index is 1530. The number of thiophene rings is 1. The van der Waals surface area contributed by atoms with Gasteiger partial charge in [-0.2, -0.15) is 0 Å². The van der Waals surface area contributed by atoms with Crippen molar-refractivity contribution in [1.82, 2.24) is 15.2 Å². The van der Waals surface area contributed by atoms with E-state index in [-0.39, 0.29) is 47.4 Å². The van der Waals surface area contributed by atoms with Crippen LogP contribution in [0.5, 0.6) is 0 Å². The van der Waals surface area contributed by atoms with Gasteiger partial charge in [-0.3, -0.25) is 24.3 Å². The SMILES string of the molecule is CC1(C)C2C(=O)N(Cc3cc4nccc(-c5cc(Cl)c6c(c5NC(=O)C5CCNCC5)CCC6)c4s3)C(=O)C21. The van der Waals surface area contributed by atoms with E-state index in [4.69, 9.17) is 11.6 Å². The molecular formula is C30H31ClN4O3S. The number of nitrogens with one attached hydrogen (secondary N) is 2. The number of amides is 3. The van der Waals surface area contributed by atoms with Crippen LogP contribution in [0, 0.1) is 23.2 Å². The average molecular weight is 563 g/mol. The van der Waals surface area contributed by atoms with Crippen LogP contribution in [-0.2, 0) is 33.8 Å². The minimum absolute atomic E-state index is 0.00986. The molecule has 2 aliphatic carbocycles. The van der Waals surface area contributed by atoms with Crippen LogP contribution >= 0.6 is 22.9 Å². The summed E-state index contributed by atoms with van der Waals surface area (Å²) in [6.07, 6.45) is 6.25. The largest absolute Gasteiger partial charge is 0.325 e. The van der Waals surface area contributed by atoms with E-state index in [1.54, 1.807) is 17.5 Å². The number of pyridine rings is 1. The molecule has 0 bridgehead atoms. The summed E-state index contributed by atoms with van der Waals surface area (Å²) in [4.78, 5) is 46.2. The minimum atomic E-state index is -0.221. The highest BCUT2D eigenvalue weighted by Gasteiger charge is 2.72. The van der Waals surface area contributed by atoms with Crippen molar-refractivity contribution in [3.8, 4) is 11.1 Å². The Morgan fingerprint density at radius 1 is 1.13 bits per heavy atom. The third-order valence-corrected chi connectivity index (χ3v) is 10.7. The Labute approximate surface area is 236 Å². The van der Waals surface area contributed by atoms with Crippen molar-refractivity contribution < 1.29 is 14.4 Å². The Kier molecular flexibility index (Phi) is 5.88. The summed E-state index contributed by atoms with van der Waals surface area (Å²) in [5, 5.41) is 7.39. The molecule has 202 valence electrons. The number of likely N-dealkylation sites (tertiary alicyclic amines) is 1. The first kappa shape index (κ1) is 25.2. The molecule has 0 radical (unpaired) electrons. The number of hydrogen-bond donors (Lipinski definition) is 2. The lowest BCUT2D eigenvalue weighted by atomic mass is 9.94. The summed E-state index contributed by atoms with van der Waals surface area (Å²) in [7, 11) is 0. The summed E-state index contributed by atoms with van der Waals surface area (Å²) in [6, 6.07) is 5.93. The molecule has 39 heavy (non-hydrogen) atoms. The van der Waals surface area contributed by atoms with Crippen molar-refractivity contribution in [2.24, 2.45) is 23.2 Å². The molecule has 3 fully saturated rings. The van der Waals surface area contributed by atoms with Gasteiger partial charge in [-0.05, 0) is 79.9 Å². The normalized spacial score (nSPS) is 23.8. The molecule has 7 rings (SSSR count). The Morgan fingerprint density at radius 2 is 1.85 bits per heavy atom. The van der Waals surface area contributed by atoms with Crippen molar-refractivity contribution in [3.05, 3.63) is 45.4 Å². The molecule has 4 heterocycles. The van der Waals surface area contributed by atoms with Crippen molar-refractivity contribution >= 4 is 56.6 Å². The Balaban J connectivity index is 1.26. The molecule has 2 atom stereocenters. The van der Waals surface area contributed by atoms with Gasteiger partial charge in [0, 0.05) is 33.1 Å². The molecule has 9 heteroatoms. The van der Waals surface area contributed by atoms with Gasteiger partial charge in [0.2, 0.25) is 17.7 Å². The second-order valence-electron chi connectivity index (χ2n) is 11.9. The summed E-state index contributed by atoms with van der Waals surface area (Å²) in [5.41, 5.74) is 5.58. The minimum Gasteiger partial charge on any atom is -0.325 e. The molecule has 2 saturated heterocycles. The molecule has 2 aliphatic heterocycles.